The van der Waals surface area contributed by atoms with Crippen LogP contribution in [0.1, 0.15) is 31.9 Å². The lowest BCUT2D eigenvalue weighted by molar-refractivity contribution is 0.252. The number of hydrogen-bond acceptors (Lipinski definition) is 1. The first kappa shape index (κ1) is 17.0. The van der Waals surface area contributed by atoms with Crippen molar-refractivity contribution in [3.05, 3.63) is 65.5 Å². The van der Waals surface area contributed by atoms with Crippen molar-refractivity contribution < 1.29 is 9.18 Å². The van der Waals surface area contributed by atoms with Gasteiger partial charge in [-0.2, -0.15) is 0 Å². The van der Waals surface area contributed by atoms with E-state index in [4.69, 9.17) is 0 Å². The monoisotopic (exact) mass is 314 g/mol. The van der Waals surface area contributed by atoms with Crippen molar-refractivity contribution in [2.45, 2.75) is 32.6 Å². The summed E-state index contributed by atoms with van der Waals surface area (Å²) in [4.78, 5) is 11.9. The third-order valence-electron chi connectivity index (χ3n) is 3.60. The molecule has 0 spiro atoms. The molecule has 2 aromatic rings. The third-order valence-corrected chi connectivity index (χ3v) is 3.60. The van der Waals surface area contributed by atoms with Gasteiger partial charge in [-0.15, -0.1) is 0 Å². The summed E-state index contributed by atoms with van der Waals surface area (Å²) in [5.74, 6) is -0.258. The molecule has 0 aromatic heterocycles. The molecule has 0 unspecified atom stereocenters. The fourth-order valence-electron chi connectivity index (χ4n) is 2.24. The summed E-state index contributed by atoms with van der Waals surface area (Å²) in [5, 5.41) is 5.57. The molecule has 4 heteroatoms. The van der Waals surface area contributed by atoms with Gasteiger partial charge in [0.05, 0.1) is 0 Å². The maximum absolute atomic E-state index is 13.1. The van der Waals surface area contributed by atoms with Gasteiger partial charge in [-0.25, -0.2) is 9.18 Å². The SMILES string of the molecule is CC(C)(C)c1ccc(NC(=O)NCCc2cccc(F)c2)cc1. The Morgan fingerprint density at radius 3 is 2.39 bits per heavy atom. The average Bonchev–Trinajstić information content (AvgIpc) is 2.47. The van der Waals surface area contributed by atoms with Gasteiger partial charge in [-0.05, 0) is 47.2 Å². The Balaban J connectivity index is 1.80. The number of anilines is 1. The van der Waals surface area contributed by atoms with E-state index in [9.17, 15) is 9.18 Å². The van der Waals surface area contributed by atoms with Gasteiger partial charge in [0.2, 0.25) is 0 Å². The van der Waals surface area contributed by atoms with Crippen LogP contribution < -0.4 is 10.6 Å². The topological polar surface area (TPSA) is 41.1 Å². The molecule has 0 bridgehead atoms. The number of benzene rings is 2. The molecule has 0 aliphatic heterocycles. The minimum Gasteiger partial charge on any atom is -0.338 e. The number of carbonyl (C=O) groups excluding carboxylic acids is 1. The molecular weight excluding hydrogens is 291 g/mol. The van der Waals surface area contributed by atoms with Gasteiger partial charge in [0.25, 0.3) is 0 Å². The number of halogens is 1. The second-order valence-electron chi connectivity index (χ2n) is 6.59. The highest BCUT2D eigenvalue weighted by molar-refractivity contribution is 5.89. The summed E-state index contributed by atoms with van der Waals surface area (Å²) in [5.41, 5.74) is 2.92. The van der Waals surface area contributed by atoms with Crippen molar-refractivity contribution in [2.24, 2.45) is 0 Å². The van der Waals surface area contributed by atoms with Crippen molar-refractivity contribution >= 4 is 11.7 Å². The first-order chi connectivity index (χ1) is 10.8. The number of rotatable bonds is 4. The average molecular weight is 314 g/mol. The van der Waals surface area contributed by atoms with E-state index >= 15 is 0 Å². The van der Waals surface area contributed by atoms with Gasteiger partial charge in [-0.1, -0.05) is 45.0 Å². The second kappa shape index (κ2) is 7.27. The maximum atomic E-state index is 13.1. The minimum absolute atomic E-state index is 0.0890. The van der Waals surface area contributed by atoms with Gasteiger partial charge < -0.3 is 10.6 Å². The zero-order chi connectivity index (χ0) is 16.9. The molecule has 2 aromatic carbocycles. The van der Waals surface area contributed by atoms with E-state index < -0.39 is 0 Å². The minimum atomic E-state index is -0.259. The smallest absolute Gasteiger partial charge is 0.319 e. The van der Waals surface area contributed by atoms with Crippen LogP contribution in [0.25, 0.3) is 0 Å². The summed E-state index contributed by atoms with van der Waals surface area (Å²) < 4.78 is 13.1. The molecule has 3 nitrogen and oxygen atoms in total. The van der Waals surface area contributed by atoms with E-state index in [1.54, 1.807) is 6.07 Å². The zero-order valence-corrected chi connectivity index (χ0v) is 13.8. The highest BCUT2D eigenvalue weighted by Gasteiger charge is 2.13. The Labute approximate surface area is 136 Å². The van der Waals surface area contributed by atoms with E-state index in [2.05, 4.69) is 31.4 Å². The highest BCUT2D eigenvalue weighted by atomic mass is 19.1. The molecule has 0 aliphatic carbocycles. The van der Waals surface area contributed by atoms with Gasteiger partial charge >= 0.3 is 6.03 Å². The first-order valence-corrected chi connectivity index (χ1v) is 7.74. The van der Waals surface area contributed by atoms with Crippen LogP contribution in [0.15, 0.2) is 48.5 Å². The van der Waals surface area contributed by atoms with Crippen molar-refractivity contribution in [3.8, 4) is 0 Å². The van der Waals surface area contributed by atoms with E-state index in [-0.39, 0.29) is 17.3 Å². The molecule has 0 aliphatic rings. The number of carbonyl (C=O) groups is 1. The van der Waals surface area contributed by atoms with Crippen LogP contribution in [0.3, 0.4) is 0 Å². The Bertz CT molecular complexity index is 660. The summed E-state index contributed by atoms with van der Waals surface area (Å²) >= 11 is 0. The standard InChI is InChI=1S/C19H23FN2O/c1-19(2,3)15-7-9-17(10-8-15)22-18(23)21-12-11-14-5-4-6-16(20)13-14/h4-10,13H,11-12H2,1-3H3,(H2,21,22,23). The summed E-state index contributed by atoms with van der Waals surface area (Å²) in [6.45, 7) is 6.90. The van der Waals surface area contributed by atoms with Crippen LogP contribution in [0, 0.1) is 5.82 Å². The first-order valence-electron chi connectivity index (χ1n) is 7.74. The lowest BCUT2D eigenvalue weighted by Gasteiger charge is -2.19. The van der Waals surface area contributed by atoms with Crippen LogP contribution >= 0.6 is 0 Å². The number of nitrogens with one attached hydrogen (secondary N) is 2. The Kier molecular flexibility index (Phi) is 5.37. The van der Waals surface area contributed by atoms with Gasteiger partial charge in [0.1, 0.15) is 5.82 Å². The van der Waals surface area contributed by atoms with Crippen molar-refractivity contribution in [1.82, 2.24) is 5.32 Å². The van der Waals surface area contributed by atoms with Crippen LogP contribution in [-0.4, -0.2) is 12.6 Å². The molecule has 0 saturated heterocycles. The predicted octanol–water partition coefficient (Wildman–Crippen LogP) is 4.49. The molecule has 2 rings (SSSR count). The van der Waals surface area contributed by atoms with Crippen LogP contribution in [-0.2, 0) is 11.8 Å². The summed E-state index contributed by atoms with van der Waals surface area (Å²) in [6.07, 6.45) is 0.591. The molecule has 122 valence electrons. The number of hydrogen-bond donors (Lipinski definition) is 2. The Morgan fingerprint density at radius 1 is 1.09 bits per heavy atom. The van der Waals surface area contributed by atoms with Crippen LogP contribution in [0.2, 0.25) is 0 Å². The fourth-order valence-corrected chi connectivity index (χ4v) is 2.24. The number of amides is 2. The van der Waals surface area contributed by atoms with Crippen LogP contribution in [0.5, 0.6) is 0 Å². The highest BCUT2D eigenvalue weighted by Crippen LogP contribution is 2.23. The second-order valence-corrected chi connectivity index (χ2v) is 6.59. The third kappa shape index (κ3) is 5.40. The fraction of sp³-hybridized carbons (Fsp3) is 0.316. The number of urea groups is 1. The molecule has 0 radical (unpaired) electrons. The molecule has 0 saturated carbocycles. The van der Waals surface area contributed by atoms with Crippen LogP contribution in [0.4, 0.5) is 14.9 Å². The zero-order valence-electron chi connectivity index (χ0n) is 13.8. The largest absolute Gasteiger partial charge is 0.338 e. The molecule has 0 atom stereocenters. The summed E-state index contributed by atoms with van der Waals surface area (Å²) in [6, 6.07) is 14.0. The van der Waals surface area contributed by atoms with Gasteiger partial charge in [-0.3, -0.25) is 0 Å². The van der Waals surface area contributed by atoms with E-state index in [1.807, 2.05) is 30.3 Å². The van der Waals surface area contributed by atoms with E-state index in [1.165, 1.54) is 17.7 Å². The van der Waals surface area contributed by atoms with Crippen molar-refractivity contribution in [1.29, 1.82) is 0 Å². The van der Waals surface area contributed by atoms with E-state index in [0.29, 0.717) is 13.0 Å². The molecular formula is C19H23FN2O. The molecule has 2 N–H and O–H groups in total. The molecule has 0 fully saturated rings. The lowest BCUT2D eigenvalue weighted by Crippen LogP contribution is -2.30. The van der Waals surface area contributed by atoms with Gasteiger partial charge in [0, 0.05) is 12.2 Å². The molecule has 2 amide bonds. The van der Waals surface area contributed by atoms with Crippen molar-refractivity contribution in [2.75, 3.05) is 11.9 Å². The Morgan fingerprint density at radius 2 is 1.78 bits per heavy atom. The Hall–Kier alpha value is -2.36. The lowest BCUT2D eigenvalue weighted by atomic mass is 9.87. The summed E-state index contributed by atoms with van der Waals surface area (Å²) in [7, 11) is 0. The maximum Gasteiger partial charge on any atom is 0.319 e. The predicted molar refractivity (Wildman–Crippen MR) is 92.3 cm³/mol. The van der Waals surface area contributed by atoms with Gasteiger partial charge in [0.15, 0.2) is 0 Å². The quantitative estimate of drug-likeness (QED) is 0.858. The van der Waals surface area contributed by atoms with E-state index in [0.717, 1.165) is 11.3 Å². The van der Waals surface area contributed by atoms with Crippen molar-refractivity contribution in [3.63, 3.8) is 0 Å². The normalized spacial score (nSPS) is 11.1. The molecule has 23 heavy (non-hydrogen) atoms. The molecule has 0 heterocycles.